The highest BCUT2D eigenvalue weighted by molar-refractivity contribution is 5.91. The van der Waals surface area contributed by atoms with E-state index in [1.165, 1.54) is 6.20 Å². The Morgan fingerprint density at radius 3 is 2.67 bits per heavy atom. The normalized spacial score (nSPS) is 11.3. The lowest BCUT2D eigenvalue weighted by Crippen LogP contribution is -2.27. The molecule has 0 spiro atoms. The van der Waals surface area contributed by atoms with Crippen LogP contribution in [-0.2, 0) is 11.3 Å². The Hall–Kier alpha value is -1.92. The monoisotopic (exact) mass is 254 g/mol. The summed E-state index contributed by atoms with van der Waals surface area (Å²) in [5, 5.41) is 18.5. The van der Waals surface area contributed by atoms with Gasteiger partial charge in [-0.25, -0.2) is 4.68 Å². The highest BCUT2D eigenvalue weighted by atomic mass is 16.4. The summed E-state index contributed by atoms with van der Waals surface area (Å²) in [6, 6.07) is 0. The van der Waals surface area contributed by atoms with E-state index in [2.05, 4.69) is 36.4 Å². The molecule has 1 heterocycles. The zero-order chi connectivity index (χ0) is 13.8. The summed E-state index contributed by atoms with van der Waals surface area (Å²) in [5.41, 5.74) is 0.277. The van der Waals surface area contributed by atoms with Gasteiger partial charge in [0.1, 0.15) is 6.54 Å². The summed E-state index contributed by atoms with van der Waals surface area (Å²) in [6.07, 6.45) is 2.17. The number of rotatable bonds is 5. The Balaban J connectivity index is 2.47. The van der Waals surface area contributed by atoms with Crippen molar-refractivity contribution in [2.75, 3.05) is 6.54 Å². The van der Waals surface area contributed by atoms with E-state index in [0.717, 1.165) is 11.1 Å². The van der Waals surface area contributed by atoms with E-state index in [1.54, 1.807) is 0 Å². The van der Waals surface area contributed by atoms with Gasteiger partial charge in [0.25, 0.3) is 5.91 Å². The number of nitrogens with one attached hydrogen (secondary N) is 1. The van der Waals surface area contributed by atoms with Gasteiger partial charge in [0.05, 0.1) is 6.20 Å². The van der Waals surface area contributed by atoms with Crippen LogP contribution in [0.1, 0.15) is 37.7 Å². The smallest absolute Gasteiger partial charge is 0.325 e. The molecule has 7 heteroatoms. The van der Waals surface area contributed by atoms with Gasteiger partial charge < -0.3 is 10.4 Å². The summed E-state index contributed by atoms with van der Waals surface area (Å²) < 4.78 is 1.11. The van der Waals surface area contributed by atoms with Crippen LogP contribution in [0.15, 0.2) is 6.20 Å². The number of hydrogen-bond acceptors (Lipinski definition) is 4. The van der Waals surface area contributed by atoms with Crippen molar-refractivity contribution in [3.05, 3.63) is 11.9 Å². The molecule has 7 nitrogen and oxygen atoms in total. The van der Waals surface area contributed by atoms with Gasteiger partial charge in [-0.1, -0.05) is 26.0 Å². The molecule has 100 valence electrons. The van der Waals surface area contributed by atoms with Crippen LogP contribution in [0.2, 0.25) is 0 Å². The van der Waals surface area contributed by atoms with E-state index in [1.807, 2.05) is 0 Å². The van der Waals surface area contributed by atoms with Gasteiger partial charge in [0, 0.05) is 6.54 Å². The minimum absolute atomic E-state index is 0.130. The summed E-state index contributed by atoms with van der Waals surface area (Å²) in [4.78, 5) is 22.1. The largest absolute Gasteiger partial charge is 0.480 e. The molecule has 1 rings (SSSR count). The van der Waals surface area contributed by atoms with Gasteiger partial charge in [0.15, 0.2) is 5.69 Å². The lowest BCUT2D eigenvalue weighted by molar-refractivity contribution is -0.137. The fraction of sp³-hybridized carbons (Fsp3) is 0.636. The Morgan fingerprint density at radius 2 is 2.11 bits per heavy atom. The molecule has 1 aromatic heterocycles. The van der Waals surface area contributed by atoms with Crippen LogP contribution in [0.5, 0.6) is 0 Å². The van der Waals surface area contributed by atoms with Crippen molar-refractivity contribution in [1.82, 2.24) is 20.3 Å². The number of aliphatic carboxylic acids is 1. The van der Waals surface area contributed by atoms with Gasteiger partial charge >= 0.3 is 5.97 Å². The number of aromatic nitrogens is 3. The fourth-order valence-corrected chi connectivity index (χ4v) is 1.26. The second-order valence-electron chi connectivity index (χ2n) is 5.26. The van der Waals surface area contributed by atoms with Crippen molar-refractivity contribution in [2.45, 2.75) is 33.7 Å². The molecule has 0 aliphatic carbocycles. The molecule has 1 aromatic rings. The van der Waals surface area contributed by atoms with Crippen molar-refractivity contribution < 1.29 is 14.7 Å². The molecule has 2 N–H and O–H groups in total. The molecule has 18 heavy (non-hydrogen) atoms. The predicted molar refractivity (Wildman–Crippen MR) is 64.1 cm³/mol. The van der Waals surface area contributed by atoms with Gasteiger partial charge in [0.2, 0.25) is 0 Å². The minimum atomic E-state index is -1.03. The standard InChI is InChI=1S/C11H18N4O3/c1-11(2,3)4-5-12-10(18)8-6-15(14-13-8)7-9(16)17/h6H,4-5,7H2,1-3H3,(H,12,18)(H,16,17). The fourth-order valence-electron chi connectivity index (χ4n) is 1.26. The second-order valence-corrected chi connectivity index (χ2v) is 5.26. The summed E-state index contributed by atoms with van der Waals surface area (Å²) in [7, 11) is 0. The first-order valence-corrected chi connectivity index (χ1v) is 5.68. The number of nitrogens with zero attached hydrogens (tertiary/aromatic N) is 3. The SMILES string of the molecule is CC(C)(C)CCNC(=O)c1cn(CC(=O)O)nn1. The molecule has 0 atom stereocenters. The van der Waals surface area contributed by atoms with Gasteiger partial charge in [-0.15, -0.1) is 5.10 Å². The number of carboxylic acid groups (broad SMARTS) is 1. The quantitative estimate of drug-likeness (QED) is 0.798. The molecular formula is C11H18N4O3. The van der Waals surface area contributed by atoms with Crippen LogP contribution in [-0.4, -0.2) is 38.5 Å². The maximum Gasteiger partial charge on any atom is 0.325 e. The Labute approximate surface area is 105 Å². The van der Waals surface area contributed by atoms with Crippen LogP contribution in [0, 0.1) is 5.41 Å². The number of hydrogen-bond donors (Lipinski definition) is 2. The highest BCUT2D eigenvalue weighted by Gasteiger charge is 2.14. The number of carboxylic acids is 1. The van der Waals surface area contributed by atoms with Gasteiger partial charge in [-0.05, 0) is 11.8 Å². The van der Waals surface area contributed by atoms with Crippen molar-refractivity contribution >= 4 is 11.9 Å². The second kappa shape index (κ2) is 5.61. The lowest BCUT2D eigenvalue weighted by Gasteiger charge is -2.17. The van der Waals surface area contributed by atoms with E-state index >= 15 is 0 Å². The molecule has 0 fully saturated rings. The van der Waals surface area contributed by atoms with Crippen molar-refractivity contribution in [3.63, 3.8) is 0 Å². The third-order valence-corrected chi connectivity index (χ3v) is 2.23. The Kier molecular flexibility index (Phi) is 4.41. The zero-order valence-corrected chi connectivity index (χ0v) is 10.8. The Morgan fingerprint density at radius 1 is 1.44 bits per heavy atom. The summed E-state index contributed by atoms with van der Waals surface area (Å²) in [6.45, 7) is 6.50. The van der Waals surface area contributed by atoms with E-state index in [0.29, 0.717) is 6.54 Å². The highest BCUT2D eigenvalue weighted by Crippen LogP contribution is 2.16. The van der Waals surface area contributed by atoms with Crippen LogP contribution >= 0.6 is 0 Å². The maximum absolute atomic E-state index is 11.7. The molecule has 0 aliphatic heterocycles. The van der Waals surface area contributed by atoms with E-state index in [4.69, 9.17) is 5.11 Å². The molecule has 0 bridgehead atoms. The maximum atomic E-state index is 11.7. The van der Waals surface area contributed by atoms with Crippen molar-refractivity contribution in [3.8, 4) is 0 Å². The summed E-state index contributed by atoms with van der Waals surface area (Å²) in [5.74, 6) is -1.37. The van der Waals surface area contributed by atoms with Crippen LogP contribution < -0.4 is 5.32 Å². The summed E-state index contributed by atoms with van der Waals surface area (Å²) >= 11 is 0. The number of carbonyl (C=O) groups excluding carboxylic acids is 1. The van der Waals surface area contributed by atoms with Crippen molar-refractivity contribution in [2.24, 2.45) is 5.41 Å². The first-order chi connectivity index (χ1) is 8.28. The predicted octanol–water partition coefficient (Wildman–Crippen LogP) is 0.529. The molecule has 0 radical (unpaired) electrons. The topological polar surface area (TPSA) is 97.1 Å². The first-order valence-electron chi connectivity index (χ1n) is 5.68. The van der Waals surface area contributed by atoms with Gasteiger partial charge in [-0.3, -0.25) is 9.59 Å². The van der Waals surface area contributed by atoms with Crippen molar-refractivity contribution in [1.29, 1.82) is 0 Å². The van der Waals surface area contributed by atoms with E-state index in [9.17, 15) is 9.59 Å². The van der Waals surface area contributed by atoms with Gasteiger partial charge in [-0.2, -0.15) is 0 Å². The molecule has 0 saturated heterocycles. The van der Waals surface area contributed by atoms with Crippen LogP contribution in [0.25, 0.3) is 0 Å². The molecule has 0 aromatic carbocycles. The third kappa shape index (κ3) is 4.94. The zero-order valence-electron chi connectivity index (χ0n) is 10.8. The molecule has 0 aliphatic rings. The molecule has 0 saturated carbocycles. The molecule has 0 unspecified atom stereocenters. The van der Waals surface area contributed by atoms with Crippen LogP contribution in [0.4, 0.5) is 0 Å². The van der Waals surface area contributed by atoms with Crippen LogP contribution in [0.3, 0.4) is 0 Å². The number of carbonyl (C=O) groups is 2. The number of amides is 1. The minimum Gasteiger partial charge on any atom is -0.480 e. The molecular weight excluding hydrogens is 236 g/mol. The average molecular weight is 254 g/mol. The first kappa shape index (κ1) is 14.1. The third-order valence-electron chi connectivity index (χ3n) is 2.23. The van der Waals surface area contributed by atoms with E-state index in [-0.39, 0.29) is 23.6 Å². The molecule has 1 amide bonds. The average Bonchev–Trinajstić information content (AvgIpc) is 2.63. The Bertz CT molecular complexity index is 434. The lowest BCUT2D eigenvalue weighted by atomic mass is 9.92. The van der Waals surface area contributed by atoms with E-state index < -0.39 is 5.97 Å².